The van der Waals surface area contributed by atoms with E-state index in [1.54, 1.807) is 18.5 Å². The van der Waals surface area contributed by atoms with Crippen LogP contribution in [0, 0.1) is 5.82 Å². The summed E-state index contributed by atoms with van der Waals surface area (Å²) < 4.78 is 42.2. The summed E-state index contributed by atoms with van der Waals surface area (Å²) in [7, 11) is -3.86. The first-order chi connectivity index (χ1) is 15.9. The Hall–Kier alpha value is -2.75. The zero-order chi connectivity index (χ0) is 23.0. The largest absolute Gasteiger partial charge is 0.354 e. The zero-order valence-corrected chi connectivity index (χ0v) is 20.1. The number of hydrogen-bond donors (Lipinski definition) is 0. The number of hydrogen-bond acceptors (Lipinski definition) is 5. The molecule has 0 unspecified atom stereocenters. The number of piperazine rings is 1. The molecule has 0 saturated carbocycles. The molecule has 0 bridgehead atoms. The quantitative estimate of drug-likeness (QED) is 0.381. The van der Waals surface area contributed by atoms with Crippen LogP contribution in [0.3, 0.4) is 0 Å². The lowest BCUT2D eigenvalue weighted by Gasteiger charge is -2.35. The van der Waals surface area contributed by atoms with Crippen molar-refractivity contribution in [1.82, 2.24) is 13.9 Å². The molecule has 0 radical (unpaired) electrons. The third kappa shape index (κ3) is 4.40. The summed E-state index contributed by atoms with van der Waals surface area (Å²) in [6.07, 6.45) is 3.50. The molecule has 33 heavy (non-hydrogen) atoms. The van der Waals surface area contributed by atoms with Crippen LogP contribution in [0.4, 0.5) is 10.2 Å². The predicted octanol–water partition coefficient (Wildman–Crippen LogP) is 4.50. The molecule has 1 aliphatic rings. The smallest absolute Gasteiger partial charge is 0.268 e. The fourth-order valence-corrected chi connectivity index (χ4v) is 5.95. The van der Waals surface area contributed by atoms with Gasteiger partial charge in [0, 0.05) is 55.0 Å². The first-order valence-corrected chi connectivity index (χ1v) is 12.8. The molecule has 9 heteroatoms. The van der Waals surface area contributed by atoms with Crippen LogP contribution < -0.4 is 4.90 Å². The number of rotatable bonds is 5. The normalized spacial score (nSPS) is 15.3. The molecule has 0 N–H and O–H groups in total. The van der Waals surface area contributed by atoms with Crippen LogP contribution >= 0.6 is 15.9 Å². The van der Waals surface area contributed by atoms with Gasteiger partial charge in [-0.15, -0.1) is 0 Å². The Balaban J connectivity index is 1.43. The minimum Gasteiger partial charge on any atom is -0.354 e. The van der Waals surface area contributed by atoms with Crippen molar-refractivity contribution in [1.29, 1.82) is 0 Å². The second-order valence-corrected chi connectivity index (χ2v) is 10.8. The first-order valence-electron chi connectivity index (χ1n) is 10.6. The monoisotopic (exact) mass is 528 g/mol. The summed E-state index contributed by atoms with van der Waals surface area (Å²) in [5, 5.41) is 0.877. The van der Waals surface area contributed by atoms with Crippen molar-refractivity contribution in [2.45, 2.75) is 11.4 Å². The second kappa shape index (κ2) is 8.89. The van der Waals surface area contributed by atoms with Crippen LogP contribution in [-0.4, -0.2) is 48.5 Å². The Bertz CT molecular complexity index is 1380. The first kappa shape index (κ1) is 22.1. The molecule has 0 amide bonds. The average Bonchev–Trinajstić information content (AvgIpc) is 3.18. The topological polar surface area (TPSA) is 58.4 Å². The summed E-state index contributed by atoms with van der Waals surface area (Å²) in [6, 6.07) is 16.4. The van der Waals surface area contributed by atoms with Gasteiger partial charge in [-0.1, -0.05) is 22.0 Å². The second-order valence-electron chi connectivity index (χ2n) is 8.02. The van der Waals surface area contributed by atoms with Crippen molar-refractivity contribution in [3.05, 3.63) is 88.9 Å². The number of anilines is 1. The van der Waals surface area contributed by atoms with Gasteiger partial charge in [0.1, 0.15) is 11.6 Å². The third-order valence-corrected chi connectivity index (χ3v) is 8.11. The molecule has 0 spiro atoms. The van der Waals surface area contributed by atoms with Gasteiger partial charge in [-0.2, -0.15) is 0 Å². The van der Waals surface area contributed by atoms with Gasteiger partial charge in [0.25, 0.3) is 10.0 Å². The molecule has 4 aromatic rings. The van der Waals surface area contributed by atoms with Crippen LogP contribution in [0.5, 0.6) is 0 Å². The lowest BCUT2D eigenvalue weighted by atomic mass is 10.1. The minimum atomic E-state index is -3.86. The van der Waals surface area contributed by atoms with E-state index in [2.05, 4.69) is 30.7 Å². The molecule has 170 valence electrons. The molecular weight excluding hydrogens is 507 g/mol. The van der Waals surface area contributed by atoms with E-state index < -0.39 is 15.8 Å². The molecule has 6 nitrogen and oxygen atoms in total. The number of benzene rings is 2. The van der Waals surface area contributed by atoms with Crippen LogP contribution in [0.2, 0.25) is 0 Å². The third-order valence-electron chi connectivity index (χ3n) is 5.93. The maximum atomic E-state index is 13.4. The van der Waals surface area contributed by atoms with Crippen LogP contribution in [0.25, 0.3) is 10.9 Å². The van der Waals surface area contributed by atoms with E-state index >= 15 is 0 Å². The SMILES string of the molecule is O=S(=O)(c1ccc(F)cc1)n1cc(CN2CCN(c3ccccn3)CC2)c2cc(Br)ccc21. The van der Waals surface area contributed by atoms with Crippen molar-refractivity contribution in [2.24, 2.45) is 0 Å². The van der Waals surface area contributed by atoms with E-state index in [0.29, 0.717) is 12.1 Å². The number of fused-ring (bicyclic) bond motifs is 1. The van der Waals surface area contributed by atoms with E-state index in [-0.39, 0.29) is 4.90 Å². The highest BCUT2D eigenvalue weighted by Crippen LogP contribution is 2.30. The highest BCUT2D eigenvalue weighted by molar-refractivity contribution is 9.10. The van der Waals surface area contributed by atoms with Gasteiger partial charge in [0.15, 0.2) is 0 Å². The van der Waals surface area contributed by atoms with E-state index in [9.17, 15) is 12.8 Å². The van der Waals surface area contributed by atoms with Crippen LogP contribution in [0.1, 0.15) is 5.56 Å². The summed E-state index contributed by atoms with van der Waals surface area (Å²) >= 11 is 3.51. The van der Waals surface area contributed by atoms with Gasteiger partial charge in [0.05, 0.1) is 10.4 Å². The van der Waals surface area contributed by atoms with Crippen molar-refractivity contribution in [3.8, 4) is 0 Å². The summed E-state index contributed by atoms with van der Waals surface area (Å²) in [5.74, 6) is 0.504. The molecule has 2 aromatic heterocycles. The molecule has 3 heterocycles. The Kier molecular flexibility index (Phi) is 5.94. The lowest BCUT2D eigenvalue weighted by Crippen LogP contribution is -2.46. The maximum absolute atomic E-state index is 13.4. The number of nitrogens with zero attached hydrogens (tertiary/aromatic N) is 4. The van der Waals surface area contributed by atoms with Crippen LogP contribution in [-0.2, 0) is 16.6 Å². The van der Waals surface area contributed by atoms with Gasteiger partial charge < -0.3 is 4.90 Å². The Morgan fingerprint density at radius 1 is 0.970 bits per heavy atom. The molecule has 0 atom stereocenters. The Labute approximate surface area is 200 Å². The van der Waals surface area contributed by atoms with Gasteiger partial charge >= 0.3 is 0 Å². The lowest BCUT2D eigenvalue weighted by molar-refractivity contribution is 0.250. The molecule has 2 aromatic carbocycles. The van der Waals surface area contributed by atoms with Gasteiger partial charge in [0.2, 0.25) is 0 Å². The van der Waals surface area contributed by atoms with Gasteiger partial charge in [-0.05, 0) is 60.2 Å². The molecule has 1 fully saturated rings. The fraction of sp³-hybridized carbons (Fsp3) is 0.208. The van der Waals surface area contributed by atoms with E-state index in [1.807, 2.05) is 30.3 Å². The molecule has 0 aliphatic carbocycles. The highest BCUT2D eigenvalue weighted by Gasteiger charge is 2.24. The van der Waals surface area contributed by atoms with Crippen molar-refractivity contribution in [2.75, 3.05) is 31.1 Å². The van der Waals surface area contributed by atoms with Crippen molar-refractivity contribution >= 4 is 42.7 Å². The minimum absolute atomic E-state index is 0.0549. The van der Waals surface area contributed by atoms with E-state index in [4.69, 9.17) is 0 Å². The van der Waals surface area contributed by atoms with E-state index in [1.165, 1.54) is 16.1 Å². The van der Waals surface area contributed by atoms with Crippen LogP contribution in [0.15, 0.2) is 82.4 Å². The highest BCUT2D eigenvalue weighted by atomic mass is 79.9. The number of aromatic nitrogens is 2. The van der Waals surface area contributed by atoms with Crippen molar-refractivity contribution in [3.63, 3.8) is 0 Å². The Morgan fingerprint density at radius 2 is 1.73 bits per heavy atom. The summed E-state index contributed by atoms with van der Waals surface area (Å²) in [6.45, 7) is 4.04. The molecular formula is C24H22BrFN4O2S. The zero-order valence-electron chi connectivity index (χ0n) is 17.7. The Morgan fingerprint density at radius 3 is 2.42 bits per heavy atom. The average molecular weight is 529 g/mol. The van der Waals surface area contributed by atoms with Gasteiger partial charge in [-0.25, -0.2) is 21.8 Å². The summed E-state index contributed by atoms with van der Waals surface area (Å²) in [5.41, 5.74) is 1.54. The predicted molar refractivity (Wildman–Crippen MR) is 130 cm³/mol. The van der Waals surface area contributed by atoms with Crippen molar-refractivity contribution < 1.29 is 12.8 Å². The maximum Gasteiger partial charge on any atom is 0.268 e. The molecule has 5 rings (SSSR count). The number of pyridine rings is 1. The van der Waals surface area contributed by atoms with E-state index in [0.717, 1.165) is 59.6 Å². The van der Waals surface area contributed by atoms with Gasteiger partial charge in [-0.3, -0.25) is 4.90 Å². The molecule has 1 aliphatic heterocycles. The number of halogens is 2. The fourth-order valence-electron chi connectivity index (χ4n) is 4.20. The molecule has 1 saturated heterocycles. The standard InChI is InChI=1S/C24H22BrFN4O2S/c25-19-4-9-23-22(15-19)18(17-30(23)33(31,32)21-7-5-20(26)6-8-21)16-28-11-13-29(14-12-28)24-3-1-2-10-27-24/h1-10,15,17H,11-14,16H2. The summed E-state index contributed by atoms with van der Waals surface area (Å²) in [4.78, 5) is 9.07.